The predicted molar refractivity (Wildman–Crippen MR) is 133 cm³/mol. The monoisotopic (exact) mass is 458 g/mol. The van der Waals surface area contributed by atoms with Crippen molar-refractivity contribution < 1.29 is 4.79 Å². The summed E-state index contributed by atoms with van der Waals surface area (Å²) >= 11 is 1.81. The zero-order chi connectivity index (χ0) is 22.4. The summed E-state index contributed by atoms with van der Waals surface area (Å²) in [5.74, 6) is 3.09. The number of imidazole rings is 1. The van der Waals surface area contributed by atoms with Crippen LogP contribution in [0.1, 0.15) is 37.4 Å². The summed E-state index contributed by atoms with van der Waals surface area (Å²) in [4.78, 5) is 27.7. The minimum Gasteiger partial charge on any atom is -0.382 e. The second-order valence-corrected chi connectivity index (χ2v) is 9.83. The maximum atomic E-state index is 12.8. The van der Waals surface area contributed by atoms with Gasteiger partial charge < -0.3 is 15.6 Å². The molecule has 1 aromatic carbocycles. The van der Waals surface area contributed by atoms with E-state index in [2.05, 4.69) is 38.0 Å². The molecule has 7 nitrogen and oxygen atoms in total. The number of hydrogen-bond donors (Lipinski definition) is 2. The largest absolute Gasteiger partial charge is 0.382 e. The molecule has 168 valence electrons. The number of nitrogen functional groups attached to an aromatic ring is 1. The first-order valence-corrected chi connectivity index (χ1v) is 12.5. The number of piperidine rings is 1. The van der Waals surface area contributed by atoms with Gasteiger partial charge in [0.25, 0.3) is 0 Å². The SMILES string of the molecule is Nc1nccn2c(C3CCN(C(=O)CC4=CSCC4)CC3)nc(-c3cc4ccccc4[nH]3)c12. The van der Waals surface area contributed by atoms with Crippen LogP contribution >= 0.6 is 11.8 Å². The second kappa shape index (κ2) is 8.26. The van der Waals surface area contributed by atoms with Crippen LogP contribution in [-0.2, 0) is 4.79 Å². The minimum absolute atomic E-state index is 0.252. The van der Waals surface area contributed by atoms with Crippen LogP contribution in [0, 0.1) is 0 Å². The number of carbonyl (C=O) groups excluding carboxylic acids is 1. The molecular formula is C25H26N6OS. The maximum absolute atomic E-state index is 12.8. The molecule has 3 aromatic heterocycles. The molecule has 0 aliphatic carbocycles. The molecule has 4 aromatic rings. The standard InChI is InChI=1S/C25H26N6OS/c26-24-23-22(20-14-18-3-1-2-4-19(18)28-20)29-25(31(23)11-8-27-24)17-5-9-30(10-6-17)21(32)13-16-7-12-33-15-16/h1-4,8,11,14-15,17,28H,5-7,9-10,12-13H2,(H2,26,27). The Kier molecular flexibility index (Phi) is 5.10. The van der Waals surface area contributed by atoms with Gasteiger partial charge in [0.05, 0.1) is 5.69 Å². The first-order chi connectivity index (χ1) is 16.2. The van der Waals surface area contributed by atoms with Crippen LogP contribution in [0.15, 0.2) is 53.7 Å². The summed E-state index contributed by atoms with van der Waals surface area (Å²) in [7, 11) is 0. The normalized spacial score (nSPS) is 17.2. The van der Waals surface area contributed by atoms with E-state index in [1.807, 2.05) is 35.0 Å². The summed E-state index contributed by atoms with van der Waals surface area (Å²) in [6.45, 7) is 1.53. The Labute approximate surface area is 196 Å². The van der Waals surface area contributed by atoms with Crippen LogP contribution in [0.4, 0.5) is 5.82 Å². The summed E-state index contributed by atoms with van der Waals surface area (Å²) < 4.78 is 2.09. The third kappa shape index (κ3) is 3.68. The van der Waals surface area contributed by atoms with E-state index in [-0.39, 0.29) is 11.8 Å². The van der Waals surface area contributed by atoms with Crippen molar-refractivity contribution >= 4 is 39.9 Å². The molecule has 3 N–H and O–H groups in total. The van der Waals surface area contributed by atoms with Crippen molar-refractivity contribution in [2.75, 3.05) is 24.6 Å². The smallest absolute Gasteiger partial charge is 0.226 e. The highest BCUT2D eigenvalue weighted by molar-refractivity contribution is 8.02. The fourth-order valence-electron chi connectivity index (χ4n) is 5.01. The Bertz CT molecular complexity index is 1350. The van der Waals surface area contributed by atoms with Crippen molar-refractivity contribution in [2.24, 2.45) is 0 Å². The first-order valence-electron chi connectivity index (χ1n) is 11.5. The molecule has 8 heteroatoms. The highest BCUT2D eigenvalue weighted by atomic mass is 32.2. The van der Waals surface area contributed by atoms with E-state index >= 15 is 0 Å². The van der Waals surface area contributed by atoms with Gasteiger partial charge in [0.1, 0.15) is 22.9 Å². The van der Waals surface area contributed by atoms with Gasteiger partial charge >= 0.3 is 0 Å². The molecule has 1 saturated heterocycles. The lowest BCUT2D eigenvalue weighted by molar-refractivity contribution is -0.131. The van der Waals surface area contributed by atoms with Gasteiger partial charge in [0.15, 0.2) is 0 Å². The van der Waals surface area contributed by atoms with Crippen LogP contribution < -0.4 is 5.73 Å². The lowest BCUT2D eigenvalue weighted by Gasteiger charge is -2.31. The van der Waals surface area contributed by atoms with Crippen molar-refractivity contribution in [2.45, 2.75) is 31.6 Å². The van der Waals surface area contributed by atoms with Gasteiger partial charge in [-0.2, -0.15) is 0 Å². The third-order valence-electron chi connectivity index (χ3n) is 6.78. The highest BCUT2D eigenvalue weighted by Gasteiger charge is 2.29. The minimum atomic E-state index is 0.252. The number of H-pyrrole nitrogens is 1. The summed E-state index contributed by atoms with van der Waals surface area (Å²) in [5, 5.41) is 3.30. The van der Waals surface area contributed by atoms with Crippen molar-refractivity contribution in [3.63, 3.8) is 0 Å². The number of rotatable bonds is 4. The van der Waals surface area contributed by atoms with Gasteiger partial charge in [-0.05, 0) is 36.8 Å². The quantitative estimate of drug-likeness (QED) is 0.467. The lowest BCUT2D eigenvalue weighted by Crippen LogP contribution is -2.38. The zero-order valence-corrected chi connectivity index (χ0v) is 19.1. The average molecular weight is 459 g/mol. The molecular weight excluding hydrogens is 432 g/mol. The van der Waals surface area contributed by atoms with Gasteiger partial charge in [0, 0.05) is 54.5 Å². The Balaban J connectivity index is 1.29. The number of carbonyl (C=O) groups is 1. The number of benzene rings is 1. The first kappa shape index (κ1) is 20.4. The number of thioether (sulfide) groups is 1. The summed E-state index contributed by atoms with van der Waals surface area (Å²) in [5.41, 5.74) is 11.3. The Hall–Kier alpha value is -3.26. The summed E-state index contributed by atoms with van der Waals surface area (Å²) in [6, 6.07) is 10.3. The number of nitrogens with two attached hydrogens (primary N) is 1. The molecule has 5 heterocycles. The van der Waals surface area contributed by atoms with E-state index in [4.69, 9.17) is 10.7 Å². The van der Waals surface area contributed by atoms with Crippen LogP contribution in [0.2, 0.25) is 0 Å². The van der Waals surface area contributed by atoms with Crippen LogP contribution in [-0.4, -0.2) is 49.0 Å². The van der Waals surface area contributed by atoms with Crippen molar-refractivity contribution in [1.82, 2.24) is 24.3 Å². The molecule has 0 unspecified atom stereocenters. The average Bonchev–Trinajstić information content (AvgIpc) is 3.57. The fraction of sp³-hybridized carbons (Fsp3) is 0.320. The van der Waals surface area contributed by atoms with Crippen LogP contribution in [0.5, 0.6) is 0 Å². The number of amides is 1. The number of nitrogens with one attached hydrogen (secondary N) is 1. The second-order valence-electron chi connectivity index (χ2n) is 8.85. The van der Waals surface area contributed by atoms with Crippen LogP contribution in [0.25, 0.3) is 27.8 Å². The molecule has 0 saturated carbocycles. The Morgan fingerprint density at radius 1 is 1.24 bits per heavy atom. The Morgan fingerprint density at radius 2 is 2.09 bits per heavy atom. The summed E-state index contributed by atoms with van der Waals surface area (Å²) in [6.07, 6.45) is 7.08. The number of para-hydroxylation sites is 1. The topological polar surface area (TPSA) is 92.3 Å². The number of aromatic amines is 1. The van der Waals surface area contributed by atoms with Crippen LogP contribution in [0.3, 0.4) is 0 Å². The molecule has 2 aliphatic rings. The van der Waals surface area contributed by atoms with Crippen molar-refractivity contribution in [3.05, 3.63) is 59.5 Å². The van der Waals surface area contributed by atoms with E-state index in [1.165, 1.54) is 5.57 Å². The molecule has 1 fully saturated rings. The number of aromatic nitrogens is 4. The number of fused-ring (bicyclic) bond motifs is 2. The van der Waals surface area contributed by atoms with E-state index in [0.717, 1.165) is 71.7 Å². The molecule has 33 heavy (non-hydrogen) atoms. The van der Waals surface area contributed by atoms with E-state index < -0.39 is 0 Å². The van der Waals surface area contributed by atoms with Crippen molar-refractivity contribution in [3.8, 4) is 11.4 Å². The Morgan fingerprint density at radius 3 is 2.88 bits per heavy atom. The zero-order valence-electron chi connectivity index (χ0n) is 18.3. The number of nitrogens with zero attached hydrogens (tertiary/aromatic N) is 4. The van der Waals surface area contributed by atoms with E-state index in [1.54, 1.807) is 6.20 Å². The van der Waals surface area contributed by atoms with Crippen molar-refractivity contribution in [1.29, 1.82) is 0 Å². The predicted octanol–water partition coefficient (Wildman–Crippen LogP) is 4.58. The molecule has 0 bridgehead atoms. The molecule has 1 amide bonds. The van der Waals surface area contributed by atoms with Gasteiger partial charge in [-0.15, -0.1) is 11.8 Å². The maximum Gasteiger partial charge on any atom is 0.226 e. The van der Waals surface area contributed by atoms with Gasteiger partial charge in [-0.3, -0.25) is 9.20 Å². The molecule has 0 radical (unpaired) electrons. The lowest BCUT2D eigenvalue weighted by atomic mass is 9.95. The third-order valence-corrected chi connectivity index (χ3v) is 7.72. The number of likely N-dealkylation sites (tertiary alicyclic amines) is 1. The number of anilines is 1. The molecule has 6 rings (SSSR count). The van der Waals surface area contributed by atoms with Gasteiger partial charge in [-0.1, -0.05) is 23.8 Å². The highest BCUT2D eigenvalue weighted by Crippen LogP contribution is 2.35. The van der Waals surface area contributed by atoms with E-state index in [0.29, 0.717) is 12.2 Å². The molecule has 0 spiro atoms. The molecule has 0 atom stereocenters. The number of hydrogen-bond acceptors (Lipinski definition) is 5. The van der Waals surface area contributed by atoms with Gasteiger partial charge in [0.2, 0.25) is 5.91 Å². The fourth-order valence-corrected chi connectivity index (χ4v) is 5.95. The van der Waals surface area contributed by atoms with Gasteiger partial charge in [-0.25, -0.2) is 9.97 Å². The van der Waals surface area contributed by atoms with E-state index in [9.17, 15) is 4.79 Å². The molecule has 2 aliphatic heterocycles.